The molecule has 3 aromatic rings. The Bertz CT molecular complexity index is 995. The summed E-state index contributed by atoms with van der Waals surface area (Å²) >= 11 is 1.26. The number of nitrogens with one attached hydrogen (secondary N) is 1. The van der Waals surface area contributed by atoms with Gasteiger partial charge in [-0.15, -0.1) is 11.3 Å². The van der Waals surface area contributed by atoms with Crippen LogP contribution in [0.3, 0.4) is 0 Å². The number of ether oxygens (including phenoxy) is 1. The molecule has 0 aliphatic heterocycles. The van der Waals surface area contributed by atoms with Crippen LogP contribution < -0.4 is 5.32 Å². The Kier molecular flexibility index (Phi) is 7.29. The van der Waals surface area contributed by atoms with Crippen molar-refractivity contribution in [3.63, 3.8) is 0 Å². The molecule has 1 aromatic carbocycles. The molecule has 8 nitrogen and oxygen atoms in total. The Balaban J connectivity index is 1.49. The quantitative estimate of drug-likeness (QED) is 0.513. The van der Waals surface area contributed by atoms with Gasteiger partial charge in [0.25, 0.3) is 0 Å². The summed E-state index contributed by atoms with van der Waals surface area (Å²) in [7, 11) is 0. The van der Waals surface area contributed by atoms with E-state index in [2.05, 4.69) is 34.3 Å². The van der Waals surface area contributed by atoms with Gasteiger partial charge in [-0.25, -0.2) is 4.98 Å². The van der Waals surface area contributed by atoms with Gasteiger partial charge in [0.05, 0.1) is 18.7 Å². The smallest absolute Gasteiger partial charge is 0.311 e. The third kappa shape index (κ3) is 5.96. The molecule has 0 fully saturated rings. The third-order valence-electron chi connectivity index (χ3n) is 4.30. The van der Waals surface area contributed by atoms with Crippen molar-refractivity contribution in [2.75, 3.05) is 11.9 Å². The summed E-state index contributed by atoms with van der Waals surface area (Å²) < 4.78 is 10.2. The molecule has 0 saturated carbocycles. The minimum Gasteiger partial charge on any atom is -0.466 e. The lowest BCUT2D eigenvalue weighted by Gasteiger charge is -2.04. The van der Waals surface area contributed by atoms with Crippen LogP contribution in [0.15, 0.2) is 34.2 Å². The van der Waals surface area contributed by atoms with Gasteiger partial charge in [0, 0.05) is 23.8 Å². The fraction of sp³-hybridized carbons (Fsp3) is 0.381. The van der Waals surface area contributed by atoms with Crippen molar-refractivity contribution in [1.29, 1.82) is 0 Å². The Labute approximate surface area is 178 Å². The summed E-state index contributed by atoms with van der Waals surface area (Å²) in [4.78, 5) is 32.2. The summed E-state index contributed by atoms with van der Waals surface area (Å²) in [6.07, 6.45) is 0.591. The van der Waals surface area contributed by atoms with Crippen molar-refractivity contribution in [1.82, 2.24) is 15.1 Å². The molecular formula is C21H24N4O4S. The second kappa shape index (κ2) is 10.1. The van der Waals surface area contributed by atoms with E-state index >= 15 is 0 Å². The highest BCUT2D eigenvalue weighted by Crippen LogP contribution is 2.21. The van der Waals surface area contributed by atoms with Crippen LogP contribution >= 0.6 is 11.3 Å². The molecule has 0 aliphatic rings. The molecule has 0 radical (unpaired) electrons. The van der Waals surface area contributed by atoms with Crippen LogP contribution in [0.25, 0.3) is 11.4 Å². The van der Waals surface area contributed by atoms with Gasteiger partial charge >= 0.3 is 5.97 Å². The zero-order chi connectivity index (χ0) is 21.5. The maximum atomic E-state index is 12.2. The molecule has 3 rings (SSSR count). The number of carbonyl (C=O) groups excluding carboxylic acids is 2. The molecule has 1 N–H and O–H groups in total. The minimum atomic E-state index is -0.341. The number of hydrogen-bond donors (Lipinski definition) is 1. The molecule has 0 atom stereocenters. The number of aryl methyl sites for hydroxylation is 1. The zero-order valence-electron chi connectivity index (χ0n) is 17.2. The van der Waals surface area contributed by atoms with Crippen LogP contribution in [0.4, 0.5) is 5.13 Å². The van der Waals surface area contributed by atoms with E-state index in [4.69, 9.17) is 9.26 Å². The summed E-state index contributed by atoms with van der Waals surface area (Å²) in [5.41, 5.74) is 2.68. The highest BCUT2D eigenvalue weighted by atomic mass is 32.1. The Hall–Kier alpha value is -3.07. The summed E-state index contributed by atoms with van der Waals surface area (Å²) in [5, 5.41) is 8.88. The van der Waals surface area contributed by atoms with E-state index in [1.165, 1.54) is 16.9 Å². The van der Waals surface area contributed by atoms with Crippen molar-refractivity contribution in [3.8, 4) is 11.4 Å². The molecule has 2 heterocycles. The molecule has 1 amide bonds. The molecule has 2 aromatic heterocycles. The molecular weight excluding hydrogens is 404 g/mol. The van der Waals surface area contributed by atoms with E-state index < -0.39 is 0 Å². The largest absolute Gasteiger partial charge is 0.466 e. The van der Waals surface area contributed by atoms with Crippen molar-refractivity contribution >= 4 is 28.3 Å². The summed E-state index contributed by atoms with van der Waals surface area (Å²) in [5.74, 6) is 0.803. The SMILES string of the molecule is CCOC(=O)Cc1csc(NC(=O)CCc2nc(-c3ccc(C(C)C)cc3)no2)n1. The maximum Gasteiger partial charge on any atom is 0.311 e. The first-order valence-corrected chi connectivity index (χ1v) is 10.6. The lowest BCUT2D eigenvalue weighted by molar-refractivity contribution is -0.142. The van der Waals surface area contributed by atoms with Crippen LogP contribution in [-0.2, 0) is 27.2 Å². The normalized spacial score (nSPS) is 10.9. The predicted octanol–water partition coefficient (Wildman–Crippen LogP) is 3.99. The van der Waals surface area contributed by atoms with Gasteiger partial charge in [-0.05, 0) is 18.4 Å². The van der Waals surface area contributed by atoms with Gasteiger partial charge in [0.1, 0.15) is 0 Å². The maximum absolute atomic E-state index is 12.2. The number of carbonyl (C=O) groups is 2. The van der Waals surface area contributed by atoms with E-state index in [1.54, 1.807) is 12.3 Å². The first kappa shape index (κ1) is 21.6. The monoisotopic (exact) mass is 428 g/mol. The van der Waals surface area contributed by atoms with Crippen molar-refractivity contribution in [2.45, 2.75) is 46.0 Å². The zero-order valence-corrected chi connectivity index (χ0v) is 18.0. The highest BCUT2D eigenvalue weighted by molar-refractivity contribution is 7.13. The van der Waals surface area contributed by atoms with Gasteiger partial charge in [-0.2, -0.15) is 4.98 Å². The fourth-order valence-corrected chi connectivity index (χ4v) is 3.42. The van der Waals surface area contributed by atoms with Crippen molar-refractivity contribution in [2.24, 2.45) is 0 Å². The van der Waals surface area contributed by atoms with Crippen LogP contribution in [-0.4, -0.2) is 33.6 Å². The summed E-state index contributed by atoms with van der Waals surface area (Å²) in [6, 6.07) is 8.03. The molecule has 0 saturated heterocycles. The van der Waals surface area contributed by atoms with Crippen LogP contribution in [0.5, 0.6) is 0 Å². The molecule has 0 bridgehead atoms. The highest BCUT2D eigenvalue weighted by Gasteiger charge is 2.13. The van der Waals surface area contributed by atoms with Crippen LogP contribution in [0.2, 0.25) is 0 Å². The number of amides is 1. The lowest BCUT2D eigenvalue weighted by Crippen LogP contribution is -2.12. The standard InChI is InChI=1S/C21H24N4O4S/c1-4-28-19(27)11-16-12-30-21(22-16)23-17(26)9-10-18-24-20(25-29-18)15-7-5-14(6-8-15)13(2)3/h5-8,12-13H,4,9-11H2,1-3H3,(H,22,23,26). The molecule has 0 unspecified atom stereocenters. The number of benzene rings is 1. The first-order chi connectivity index (χ1) is 14.4. The van der Waals surface area contributed by atoms with Gasteiger partial charge in [0.2, 0.25) is 17.6 Å². The lowest BCUT2D eigenvalue weighted by atomic mass is 10.0. The number of aromatic nitrogens is 3. The molecule has 0 aliphatic carbocycles. The number of nitrogens with zero attached hydrogens (tertiary/aromatic N) is 3. The Morgan fingerprint density at radius 1 is 1.20 bits per heavy atom. The van der Waals surface area contributed by atoms with Crippen molar-refractivity contribution in [3.05, 3.63) is 46.8 Å². The predicted molar refractivity (Wildman–Crippen MR) is 113 cm³/mol. The van der Waals surface area contributed by atoms with E-state index in [0.29, 0.717) is 41.5 Å². The van der Waals surface area contributed by atoms with Gasteiger partial charge < -0.3 is 14.6 Å². The van der Waals surface area contributed by atoms with Crippen LogP contribution in [0, 0.1) is 0 Å². The minimum absolute atomic E-state index is 0.0864. The average molecular weight is 429 g/mol. The molecule has 30 heavy (non-hydrogen) atoms. The van der Waals surface area contributed by atoms with Crippen molar-refractivity contribution < 1.29 is 18.8 Å². The second-order valence-corrected chi connectivity index (χ2v) is 7.82. The van der Waals surface area contributed by atoms with E-state index in [0.717, 1.165) is 5.56 Å². The molecule has 9 heteroatoms. The average Bonchev–Trinajstić information content (AvgIpc) is 3.36. The van der Waals surface area contributed by atoms with Gasteiger partial charge in [0.15, 0.2) is 5.13 Å². The first-order valence-electron chi connectivity index (χ1n) is 9.77. The van der Waals surface area contributed by atoms with Crippen LogP contribution in [0.1, 0.15) is 50.3 Å². The second-order valence-electron chi connectivity index (χ2n) is 6.96. The fourth-order valence-electron chi connectivity index (χ4n) is 2.70. The van der Waals surface area contributed by atoms with Gasteiger partial charge in [-0.3, -0.25) is 9.59 Å². The number of thiazole rings is 1. The number of rotatable bonds is 9. The van der Waals surface area contributed by atoms with E-state index in [-0.39, 0.29) is 24.7 Å². The van der Waals surface area contributed by atoms with E-state index in [1.807, 2.05) is 24.3 Å². The number of esters is 1. The number of anilines is 1. The topological polar surface area (TPSA) is 107 Å². The Morgan fingerprint density at radius 2 is 1.97 bits per heavy atom. The third-order valence-corrected chi connectivity index (χ3v) is 5.10. The number of hydrogen-bond acceptors (Lipinski definition) is 8. The van der Waals surface area contributed by atoms with E-state index in [9.17, 15) is 9.59 Å². The summed E-state index contributed by atoms with van der Waals surface area (Å²) in [6.45, 7) is 6.35. The molecule has 158 valence electrons. The molecule has 0 spiro atoms. The van der Waals surface area contributed by atoms with Gasteiger partial charge in [-0.1, -0.05) is 43.3 Å². The Morgan fingerprint density at radius 3 is 2.67 bits per heavy atom.